The molecule has 0 saturated heterocycles. The second-order valence-electron chi connectivity index (χ2n) is 4.64. The summed E-state index contributed by atoms with van der Waals surface area (Å²) in [5.74, 6) is -0.357. The molecule has 1 heterocycles. The fraction of sp³-hybridized carbons (Fsp3) is 0.583. The van der Waals surface area contributed by atoms with Gasteiger partial charge in [0.25, 0.3) is 5.56 Å². The van der Waals surface area contributed by atoms with E-state index in [2.05, 4.69) is 4.99 Å². The number of hydrogen-bond donors (Lipinski definition) is 1. The third kappa shape index (κ3) is 3.54. The number of nitrogens with zero attached hydrogens (tertiary/aromatic N) is 4. The number of hydrogen-bond acceptors (Lipinski definition) is 5. The minimum absolute atomic E-state index is 0.0365. The lowest BCUT2D eigenvalue weighted by Gasteiger charge is -2.08. The van der Waals surface area contributed by atoms with Crippen LogP contribution in [0.3, 0.4) is 0 Å². The van der Waals surface area contributed by atoms with Crippen LogP contribution in [-0.2, 0) is 14.1 Å². The van der Waals surface area contributed by atoms with E-state index in [9.17, 15) is 14.7 Å². The summed E-state index contributed by atoms with van der Waals surface area (Å²) >= 11 is 0. The van der Waals surface area contributed by atoms with Gasteiger partial charge in [0, 0.05) is 26.9 Å². The Labute approximate surface area is 111 Å². The second-order valence-corrected chi connectivity index (χ2v) is 4.64. The van der Waals surface area contributed by atoms with Crippen LogP contribution >= 0.6 is 0 Å². The minimum Gasteiger partial charge on any atom is -0.494 e. The summed E-state index contributed by atoms with van der Waals surface area (Å²) < 4.78 is 1.96. The van der Waals surface area contributed by atoms with E-state index in [1.165, 1.54) is 20.3 Å². The first kappa shape index (κ1) is 15.2. The Hall–Kier alpha value is -1.89. The Morgan fingerprint density at radius 3 is 2.47 bits per heavy atom. The lowest BCUT2D eigenvalue weighted by Crippen LogP contribution is -2.38. The molecule has 106 valence electrons. The van der Waals surface area contributed by atoms with E-state index < -0.39 is 11.2 Å². The van der Waals surface area contributed by atoms with Crippen LogP contribution in [0.4, 0.5) is 0 Å². The Morgan fingerprint density at radius 1 is 1.26 bits per heavy atom. The smallest absolute Gasteiger partial charge is 0.333 e. The first-order valence-electron chi connectivity index (χ1n) is 5.99. The van der Waals surface area contributed by atoms with Crippen molar-refractivity contribution < 1.29 is 5.11 Å². The van der Waals surface area contributed by atoms with Gasteiger partial charge >= 0.3 is 5.69 Å². The van der Waals surface area contributed by atoms with Gasteiger partial charge in [0.15, 0.2) is 0 Å². The lowest BCUT2D eigenvalue weighted by molar-refractivity contribution is 0.403. The molecule has 7 heteroatoms. The summed E-state index contributed by atoms with van der Waals surface area (Å²) in [5.41, 5.74) is -1.07. The number of aromatic hydroxyl groups is 1. The molecule has 0 aliphatic rings. The van der Waals surface area contributed by atoms with Crippen molar-refractivity contribution in [2.24, 2.45) is 19.1 Å². The van der Waals surface area contributed by atoms with Gasteiger partial charge in [-0.15, -0.1) is 0 Å². The van der Waals surface area contributed by atoms with Crippen molar-refractivity contribution in [2.75, 3.05) is 27.2 Å². The Balaban J connectivity index is 2.94. The monoisotopic (exact) mass is 268 g/mol. The van der Waals surface area contributed by atoms with E-state index in [4.69, 9.17) is 0 Å². The second kappa shape index (κ2) is 6.33. The summed E-state index contributed by atoms with van der Waals surface area (Å²) in [7, 11) is 6.71. The highest BCUT2D eigenvalue weighted by atomic mass is 16.3. The molecule has 1 aromatic rings. The van der Waals surface area contributed by atoms with Crippen molar-refractivity contribution in [3.05, 3.63) is 26.4 Å². The standard InChI is InChI=1S/C12H20N4O3/c1-14(2)7-5-6-13-8-9-10(17)15(3)12(19)16(4)11(9)18/h8,17H,5-7H2,1-4H3. The van der Waals surface area contributed by atoms with Gasteiger partial charge in [-0.2, -0.15) is 0 Å². The van der Waals surface area contributed by atoms with E-state index in [-0.39, 0.29) is 11.4 Å². The third-order valence-electron chi connectivity index (χ3n) is 2.78. The summed E-state index contributed by atoms with van der Waals surface area (Å²) in [5, 5.41) is 9.78. The Morgan fingerprint density at radius 2 is 1.89 bits per heavy atom. The molecule has 7 nitrogen and oxygen atoms in total. The zero-order chi connectivity index (χ0) is 14.6. The van der Waals surface area contributed by atoms with Crippen LogP contribution in [0, 0.1) is 0 Å². The molecule has 0 saturated carbocycles. The maximum Gasteiger partial charge on any atom is 0.333 e. The Kier molecular flexibility index (Phi) is 5.05. The van der Waals surface area contributed by atoms with E-state index in [0.29, 0.717) is 6.54 Å². The molecule has 0 aliphatic carbocycles. The van der Waals surface area contributed by atoms with E-state index in [0.717, 1.165) is 22.1 Å². The van der Waals surface area contributed by atoms with Crippen molar-refractivity contribution in [3.63, 3.8) is 0 Å². The molecule has 19 heavy (non-hydrogen) atoms. The van der Waals surface area contributed by atoms with Crippen LogP contribution in [0.2, 0.25) is 0 Å². The molecule has 0 fully saturated rings. The number of rotatable bonds is 5. The average Bonchev–Trinajstić information content (AvgIpc) is 2.37. The molecule has 0 spiro atoms. The lowest BCUT2D eigenvalue weighted by atomic mass is 10.3. The molecule has 0 aromatic carbocycles. The summed E-state index contributed by atoms with van der Waals surface area (Å²) in [4.78, 5) is 29.5. The van der Waals surface area contributed by atoms with Crippen molar-refractivity contribution in [1.82, 2.24) is 14.0 Å². The first-order valence-corrected chi connectivity index (χ1v) is 5.99. The van der Waals surface area contributed by atoms with Gasteiger partial charge < -0.3 is 10.0 Å². The summed E-state index contributed by atoms with van der Waals surface area (Å²) in [6, 6.07) is 0. The van der Waals surface area contributed by atoms with Gasteiger partial charge in [-0.05, 0) is 27.1 Å². The fourth-order valence-electron chi connectivity index (χ4n) is 1.61. The van der Waals surface area contributed by atoms with Gasteiger partial charge in [-0.3, -0.25) is 18.9 Å². The van der Waals surface area contributed by atoms with Crippen LogP contribution in [0.25, 0.3) is 0 Å². The maximum atomic E-state index is 11.8. The molecule has 1 rings (SSSR count). The molecular formula is C12H20N4O3. The summed E-state index contributed by atoms with van der Waals surface area (Å²) in [6.45, 7) is 1.46. The maximum absolute atomic E-state index is 11.8. The molecule has 0 atom stereocenters. The highest BCUT2D eigenvalue weighted by molar-refractivity contribution is 5.81. The molecule has 0 amide bonds. The Bertz CT molecular complexity index is 584. The van der Waals surface area contributed by atoms with E-state index >= 15 is 0 Å². The molecule has 1 N–H and O–H groups in total. The third-order valence-corrected chi connectivity index (χ3v) is 2.78. The van der Waals surface area contributed by atoms with Gasteiger partial charge in [-0.1, -0.05) is 0 Å². The van der Waals surface area contributed by atoms with Gasteiger partial charge in [0.2, 0.25) is 5.88 Å². The van der Waals surface area contributed by atoms with Crippen LogP contribution < -0.4 is 11.2 Å². The van der Waals surface area contributed by atoms with Crippen LogP contribution in [0.15, 0.2) is 14.6 Å². The molecule has 1 aromatic heterocycles. The van der Waals surface area contributed by atoms with Crippen molar-refractivity contribution in [3.8, 4) is 5.88 Å². The van der Waals surface area contributed by atoms with Crippen LogP contribution in [0.5, 0.6) is 5.88 Å². The van der Waals surface area contributed by atoms with Crippen molar-refractivity contribution in [2.45, 2.75) is 6.42 Å². The molecule has 0 unspecified atom stereocenters. The number of aliphatic imine (C=N–C) groups is 1. The molecule has 0 bridgehead atoms. The predicted molar refractivity (Wildman–Crippen MR) is 74.2 cm³/mol. The van der Waals surface area contributed by atoms with Gasteiger partial charge in [-0.25, -0.2) is 4.79 Å². The highest BCUT2D eigenvalue weighted by Gasteiger charge is 2.12. The molecular weight excluding hydrogens is 248 g/mol. The normalized spacial score (nSPS) is 11.6. The van der Waals surface area contributed by atoms with Crippen molar-refractivity contribution in [1.29, 1.82) is 0 Å². The van der Waals surface area contributed by atoms with E-state index in [1.54, 1.807) is 0 Å². The van der Waals surface area contributed by atoms with Crippen molar-refractivity contribution >= 4 is 6.21 Å². The quantitative estimate of drug-likeness (QED) is 0.558. The minimum atomic E-state index is -0.563. The average molecular weight is 268 g/mol. The fourth-order valence-corrected chi connectivity index (χ4v) is 1.61. The van der Waals surface area contributed by atoms with Crippen LogP contribution in [0.1, 0.15) is 12.0 Å². The van der Waals surface area contributed by atoms with Crippen LogP contribution in [-0.4, -0.2) is 52.5 Å². The SMILES string of the molecule is CN(C)CCCN=Cc1c(O)n(C)c(=O)n(C)c1=O. The highest BCUT2D eigenvalue weighted by Crippen LogP contribution is 2.05. The molecule has 0 aliphatic heterocycles. The number of aromatic nitrogens is 2. The van der Waals surface area contributed by atoms with E-state index in [1.807, 2.05) is 19.0 Å². The topological polar surface area (TPSA) is 79.8 Å². The molecule has 0 radical (unpaired) electrons. The van der Waals surface area contributed by atoms with Gasteiger partial charge in [0.1, 0.15) is 5.56 Å². The zero-order valence-corrected chi connectivity index (χ0v) is 11.8. The summed E-state index contributed by atoms with van der Waals surface area (Å²) in [6.07, 6.45) is 2.18. The first-order chi connectivity index (χ1) is 8.86. The largest absolute Gasteiger partial charge is 0.494 e. The zero-order valence-electron chi connectivity index (χ0n) is 11.8. The predicted octanol–water partition coefficient (Wildman–Crippen LogP) is -0.840. The van der Waals surface area contributed by atoms with Gasteiger partial charge in [0.05, 0.1) is 0 Å².